The number of aromatic nitrogens is 2. The molecule has 23 heavy (non-hydrogen) atoms. The van der Waals surface area contributed by atoms with E-state index >= 15 is 0 Å². The Morgan fingerprint density at radius 3 is 2.61 bits per heavy atom. The second kappa shape index (κ2) is 6.37. The SMILES string of the molecule is CCS(=O)(=O)N1CCC(c2nnc(-c3ccccc3F)o2)CC1. The number of hydrogen-bond acceptors (Lipinski definition) is 5. The van der Waals surface area contributed by atoms with Gasteiger partial charge in [0, 0.05) is 19.0 Å². The van der Waals surface area contributed by atoms with Crippen LogP contribution in [0.2, 0.25) is 0 Å². The second-order valence-corrected chi connectivity index (χ2v) is 7.76. The summed E-state index contributed by atoms with van der Waals surface area (Å²) < 4.78 is 44.6. The minimum absolute atomic E-state index is 0.00586. The van der Waals surface area contributed by atoms with Crippen molar-refractivity contribution in [3.8, 4) is 11.5 Å². The zero-order chi connectivity index (χ0) is 16.4. The van der Waals surface area contributed by atoms with Crippen LogP contribution in [-0.4, -0.2) is 41.8 Å². The van der Waals surface area contributed by atoms with Crippen molar-refractivity contribution in [1.29, 1.82) is 0 Å². The fourth-order valence-corrected chi connectivity index (χ4v) is 3.84. The number of piperidine rings is 1. The number of hydrogen-bond donors (Lipinski definition) is 0. The molecule has 1 aliphatic heterocycles. The van der Waals surface area contributed by atoms with Gasteiger partial charge < -0.3 is 4.42 Å². The van der Waals surface area contributed by atoms with E-state index in [4.69, 9.17) is 4.42 Å². The maximum absolute atomic E-state index is 13.7. The summed E-state index contributed by atoms with van der Waals surface area (Å²) in [4.78, 5) is 0. The van der Waals surface area contributed by atoms with Crippen LogP contribution >= 0.6 is 0 Å². The van der Waals surface area contributed by atoms with E-state index in [1.807, 2.05) is 0 Å². The monoisotopic (exact) mass is 339 g/mol. The molecule has 8 heteroatoms. The van der Waals surface area contributed by atoms with Gasteiger partial charge >= 0.3 is 0 Å². The lowest BCUT2D eigenvalue weighted by Crippen LogP contribution is -2.38. The summed E-state index contributed by atoms with van der Waals surface area (Å²) in [5, 5.41) is 7.93. The van der Waals surface area contributed by atoms with Gasteiger partial charge in [0.05, 0.1) is 11.3 Å². The lowest BCUT2D eigenvalue weighted by molar-refractivity contribution is 0.291. The van der Waals surface area contributed by atoms with E-state index in [2.05, 4.69) is 10.2 Å². The zero-order valence-corrected chi connectivity index (χ0v) is 13.6. The van der Waals surface area contributed by atoms with Crippen molar-refractivity contribution in [2.45, 2.75) is 25.7 Å². The molecule has 1 aliphatic rings. The van der Waals surface area contributed by atoms with Crippen LogP contribution in [-0.2, 0) is 10.0 Å². The molecule has 3 rings (SSSR count). The summed E-state index contributed by atoms with van der Waals surface area (Å²) in [6.07, 6.45) is 1.25. The van der Waals surface area contributed by atoms with Gasteiger partial charge in [0.25, 0.3) is 5.89 Å². The Labute approximate surface area is 134 Å². The highest BCUT2D eigenvalue weighted by atomic mass is 32.2. The van der Waals surface area contributed by atoms with Gasteiger partial charge in [-0.3, -0.25) is 0 Å². The molecule has 1 aromatic carbocycles. The average molecular weight is 339 g/mol. The van der Waals surface area contributed by atoms with Crippen LogP contribution in [0.3, 0.4) is 0 Å². The summed E-state index contributed by atoms with van der Waals surface area (Å²) in [6, 6.07) is 6.23. The Kier molecular flexibility index (Phi) is 4.45. The van der Waals surface area contributed by atoms with Gasteiger partial charge in [-0.1, -0.05) is 12.1 Å². The first kappa shape index (κ1) is 16.1. The Bertz CT molecular complexity index is 783. The molecule has 0 N–H and O–H groups in total. The molecule has 0 bridgehead atoms. The molecule has 0 unspecified atom stereocenters. The first-order chi connectivity index (χ1) is 11.0. The molecule has 1 saturated heterocycles. The molecule has 0 radical (unpaired) electrons. The largest absolute Gasteiger partial charge is 0.420 e. The van der Waals surface area contributed by atoms with Crippen LogP contribution in [0.4, 0.5) is 4.39 Å². The molecule has 0 atom stereocenters. The smallest absolute Gasteiger partial charge is 0.250 e. The van der Waals surface area contributed by atoms with Crippen molar-refractivity contribution in [3.05, 3.63) is 36.0 Å². The van der Waals surface area contributed by atoms with Crippen molar-refractivity contribution in [1.82, 2.24) is 14.5 Å². The lowest BCUT2D eigenvalue weighted by Gasteiger charge is -2.29. The maximum Gasteiger partial charge on any atom is 0.250 e. The van der Waals surface area contributed by atoms with E-state index < -0.39 is 15.8 Å². The highest BCUT2D eigenvalue weighted by Crippen LogP contribution is 2.30. The van der Waals surface area contributed by atoms with Crippen molar-refractivity contribution < 1.29 is 17.2 Å². The normalized spacial score (nSPS) is 17.5. The van der Waals surface area contributed by atoms with Gasteiger partial charge in [-0.2, -0.15) is 0 Å². The summed E-state index contributed by atoms with van der Waals surface area (Å²) in [5.41, 5.74) is 0.275. The molecule has 124 valence electrons. The van der Waals surface area contributed by atoms with Gasteiger partial charge in [-0.25, -0.2) is 17.1 Å². The molecule has 2 aromatic rings. The topological polar surface area (TPSA) is 76.3 Å². The van der Waals surface area contributed by atoms with E-state index in [0.717, 1.165) is 0 Å². The predicted molar refractivity (Wildman–Crippen MR) is 82.7 cm³/mol. The van der Waals surface area contributed by atoms with Crippen molar-refractivity contribution in [2.75, 3.05) is 18.8 Å². The first-order valence-electron chi connectivity index (χ1n) is 7.57. The van der Waals surface area contributed by atoms with E-state index in [9.17, 15) is 12.8 Å². The molecule has 0 aliphatic carbocycles. The molecule has 0 amide bonds. The number of benzene rings is 1. The van der Waals surface area contributed by atoms with Crippen molar-refractivity contribution in [3.63, 3.8) is 0 Å². The quantitative estimate of drug-likeness (QED) is 0.855. The first-order valence-corrected chi connectivity index (χ1v) is 9.18. The Morgan fingerprint density at radius 2 is 1.96 bits per heavy atom. The number of rotatable bonds is 4. The van der Waals surface area contributed by atoms with Gasteiger partial charge in [0.1, 0.15) is 5.82 Å². The van der Waals surface area contributed by atoms with E-state index in [1.54, 1.807) is 25.1 Å². The van der Waals surface area contributed by atoms with Crippen LogP contribution in [0.5, 0.6) is 0 Å². The molecule has 2 heterocycles. The van der Waals surface area contributed by atoms with Crippen LogP contribution in [0.1, 0.15) is 31.6 Å². The molecule has 0 saturated carbocycles. The summed E-state index contributed by atoms with van der Waals surface area (Å²) >= 11 is 0. The highest BCUT2D eigenvalue weighted by Gasteiger charge is 2.30. The zero-order valence-electron chi connectivity index (χ0n) is 12.8. The number of nitrogens with zero attached hydrogens (tertiary/aromatic N) is 3. The molecule has 6 nitrogen and oxygen atoms in total. The lowest BCUT2D eigenvalue weighted by atomic mass is 9.98. The van der Waals surface area contributed by atoms with Gasteiger partial charge in [-0.15, -0.1) is 10.2 Å². The maximum atomic E-state index is 13.7. The average Bonchev–Trinajstić information content (AvgIpc) is 3.05. The standard InChI is InChI=1S/C15H18FN3O3S/c1-2-23(20,21)19-9-7-11(8-10-19)14-17-18-15(22-14)12-5-3-4-6-13(12)16/h3-6,11H,2,7-10H2,1H3. The van der Waals surface area contributed by atoms with E-state index in [0.29, 0.717) is 31.8 Å². The van der Waals surface area contributed by atoms with Crippen LogP contribution in [0.15, 0.2) is 28.7 Å². The van der Waals surface area contributed by atoms with Crippen LogP contribution in [0, 0.1) is 5.82 Å². The Morgan fingerprint density at radius 1 is 1.26 bits per heavy atom. The van der Waals surface area contributed by atoms with Gasteiger partial charge in [0.2, 0.25) is 15.9 Å². The Hall–Kier alpha value is -1.80. The summed E-state index contributed by atoms with van der Waals surface area (Å²) in [7, 11) is -3.15. The van der Waals surface area contributed by atoms with Crippen LogP contribution in [0.25, 0.3) is 11.5 Å². The number of sulfonamides is 1. The van der Waals surface area contributed by atoms with Crippen molar-refractivity contribution >= 4 is 10.0 Å². The van der Waals surface area contributed by atoms with Crippen LogP contribution < -0.4 is 0 Å². The second-order valence-electron chi connectivity index (χ2n) is 5.50. The minimum atomic E-state index is -3.15. The molecule has 0 spiro atoms. The van der Waals surface area contributed by atoms with Gasteiger partial charge in [0.15, 0.2) is 0 Å². The van der Waals surface area contributed by atoms with Gasteiger partial charge in [-0.05, 0) is 31.9 Å². The molecular formula is C15H18FN3O3S. The predicted octanol–water partition coefficient (Wildman–Crippen LogP) is 2.40. The fraction of sp³-hybridized carbons (Fsp3) is 0.467. The third-order valence-corrected chi connectivity index (χ3v) is 5.99. The third kappa shape index (κ3) is 3.28. The van der Waals surface area contributed by atoms with Crippen molar-refractivity contribution in [2.24, 2.45) is 0 Å². The molecule has 1 fully saturated rings. The Balaban J connectivity index is 1.72. The molecular weight excluding hydrogens is 321 g/mol. The third-order valence-electron chi connectivity index (χ3n) is 4.11. The van der Waals surface area contributed by atoms with E-state index in [1.165, 1.54) is 10.4 Å². The van der Waals surface area contributed by atoms with E-state index in [-0.39, 0.29) is 23.1 Å². The summed E-state index contributed by atoms with van der Waals surface area (Å²) in [5.74, 6) is 0.298. The summed E-state index contributed by atoms with van der Waals surface area (Å²) in [6.45, 7) is 2.52. The molecule has 1 aromatic heterocycles. The highest BCUT2D eigenvalue weighted by molar-refractivity contribution is 7.89. The fourth-order valence-electron chi connectivity index (χ4n) is 2.71. The number of halogens is 1. The minimum Gasteiger partial charge on any atom is -0.420 e.